The highest BCUT2D eigenvalue weighted by Crippen LogP contribution is 2.42. The van der Waals surface area contributed by atoms with Crippen molar-refractivity contribution in [3.63, 3.8) is 0 Å². The highest BCUT2D eigenvalue weighted by atomic mass is 35.5. The summed E-state index contributed by atoms with van der Waals surface area (Å²) in [6.45, 7) is 0. The lowest BCUT2D eigenvalue weighted by Crippen LogP contribution is -1.87. The van der Waals surface area contributed by atoms with Crippen LogP contribution in [0.4, 0.5) is 0 Å². The zero-order valence-corrected chi connectivity index (χ0v) is 18.9. The second-order valence-corrected chi connectivity index (χ2v) is 8.97. The van der Waals surface area contributed by atoms with Crippen LogP contribution in [0.1, 0.15) is 0 Å². The van der Waals surface area contributed by atoms with Crippen molar-refractivity contribution in [3.05, 3.63) is 114 Å². The van der Waals surface area contributed by atoms with Gasteiger partial charge in [-0.3, -0.25) is 0 Å². The number of hydrogen-bond donors (Lipinski definition) is 0. The maximum Gasteiger partial charge on any atom is 0.227 e. The number of halogens is 1. The van der Waals surface area contributed by atoms with E-state index in [1.807, 2.05) is 48.5 Å². The summed E-state index contributed by atoms with van der Waals surface area (Å²) in [5.41, 5.74) is 4.97. The second kappa shape index (κ2) is 7.44. The number of fused-ring (bicyclic) bond motifs is 6. The fourth-order valence-corrected chi connectivity index (χ4v) is 5.16. The number of rotatable bonds is 2. The van der Waals surface area contributed by atoms with Crippen molar-refractivity contribution >= 4 is 55.0 Å². The second-order valence-electron chi connectivity index (χ2n) is 8.54. The summed E-state index contributed by atoms with van der Waals surface area (Å²) in [4.78, 5) is 4.78. The summed E-state index contributed by atoms with van der Waals surface area (Å²) in [5.74, 6) is 0.622. The first-order valence-corrected chi connectivity index (χ1v) is 11.6. The SMILES string of the molecule is Clc1ccc2c(-c3cccc4ccccc34)cc3ccc4nc(-c5ccccc5)oc4c3c2c1. The maximum atomic E-state index is 6.52. The zero-order valence-electron chi connectivity index (χ0n) is 18.1. The van der Waals surface area contributed by atoms with Gasteiger partial charge in [0.15, 0.2) is 5.58 Å². The molecule has 0 radical (unpaired) electrons. The van der Waals surface area contributed by atoms with Crippen molar-refractivity contribution in [1.29, 1.82) is 0 Å². The third-order valence-electron chi connectivity index (χ3n) is 6.53. The number of aromatic nitrogens is 1. The van der Waals surface area contributed by atoms with E-state index < -0.39 is 0 Å². The standard InChI is InChI=1S/C31H18ClNO/c32-22-14-15-25-26(24-12-6-10-19-7-4-5-11-23(19)24)17-21-13-16-28-30(29(21)27(25)18-22)34-31(33-28)20-8-2-1-3-9-20/h1-18H. The Hall–Kier alpha value is -4.14. The molecule has 1 aromatic heterocycles. The minimum absolute atomic E-state index is 0.622. The Kier molecular flexibility index (Phi) is 4.23. The molecule has 6 aromatic carbocycles. The van der Waals surface area contributed by atoms with E-state index in [2.05, 4.69) is 60.7 Å². The predicted octanol–water partition coefficient (Wildman–Crippen LogP) is 9.27. The van der Waals surface area contributed by atoms with Crippen LogP contribution in [0, 0.1) is 0 Å². The molecule has 0 unspecified atom stereocenters. The van der Waals surface area contributed by atoms with Crippen molar-refractivity contribution in [1.82, 2.24) is 4.98 Å². The Balaban J connectivity index is 1.60. The molecule has 0 saturated carbocycles. The van der Waals surface area contributed by atoms with Crippen LogP contribution < -0.4 is 0 Å². The van der Waals surface area contributed by atoms with Gasteiger partial charge in [0.05, 0.1) is 0 Å². The molecule has 3 heteroatoms. The summed E-state index contributed by atoms with van der Waals surface area (Å²) in [5, 5.41) is 7.49. The fraction of sp³-hybridized carbons (Fsp3) is 0. The Morgan fingerprint density at radius 2 is 1.41 bits per heavy atom. The molecule has 2 nitrogen and oxygen atoms in total. The molecule has 0 spiro atoms. The molecule has 7 rings (SSSR count). The van der Waals surface area contributed by atoms with Crippen molar-refractivity contribution in [2.45, 2.75) is 0 Å². The van der Waals surface area contributed by atoms with Gasteiger partial charge in [0, 0.05) is 16.0 Å². The summed E-state index contributed by atoms with van der Waals surface area (Å²) >= 11 is 6.52. The molecule has 7 aromatic rings. The Morgan fingerprint density at radius 3 is 2.32 bits per heavy atom. The molecular weight excluding hydrogens is 438 g/mol. The van der Waals surface area contributed by atoms with E-state index in [9.17, 15) is 0 Å². The van der Waals surface area contributed by atoms with E-state index in [4.69, 9.17) is 21.0 Å². The molecule has 0 aliphatic heterocycles. The molecule has 0 fully saturated rings. The molecule has 0 saturated heterocycles. The third kappa shape index (κ3) is 2.93. The molecule has 0 amide bonds. The number of oxazole rings is 1. The van der Waals surface area contributed by atoms with E-state index in [1.54, 1.807) is 0 Å². The van der Waals surface area contributed by atoms with Crippen LogP contribution in [0.25, 0.3) is 66.0 Å². The smallest absolute Gasteiger partial charge is 0.227 e. The van der Waals surface area contributed by atoms with E-state index in [0.717, 1.165) is 38.2 Å². The van der Waals surface area contributed by atoms with Crippen LogP contribution in [-0.2, 0) is 0 Å². The average molecular weight is 456 g/mol. The van der Waals surface area contributed by atoms with Gasteiger partial charge in [0.2, 0.25) is 5.89 Å². The monoisotopic (exact) mass is 455 g/mol. The molecule has 0 atom stereocenters. The topological polar surface area (TPSA) is 26.0 Å². The van der Waals surface area contributed by atoms with Crippen LogP contribution >= 0.6 is 11.6 Å². The lowest BCUT2D eigenvalue weighted by atomic mass is 9.90. The van der Waals surface area contributed by atoms with Crippen LogP contribution in [0.5, 0.6) is 0 Å². The van der Waals surface area contributed by atoms with Crippen LogP contribution in [0.2, 0.25) is 5.02 Å². The molecule has 0 aliphatic carbocycles. The highest BCUT2D eigenvalue weighted by molar-refractivity contribution is 6.33. The Labute approximate surface area is 201 Å². The normalized spacial score (nSPS) is 11.7. The fourth-order valence-electron chi connectivity index (χ4n) is 4.98. The minimum Gasteiger partial charge on any atom is -0.435 e. The van der Waals surface area contributed by atoms with Gasteiger partial charge in [-0.2, -0.15) is 0 Å². The first-order valence-electron chi connectivity index (χ1n) is 11.3. The number of benzene rings is 6. The van der Waals surface area contributed by atoms with Gasteiger partial charge in [-0.25, -0.2) is 4.98 Å². The molecule has 160 valence electrons. The van der Waals surface area contributed by atoms with Crippen molar-refractivity contribution in [3.8, 4) is 22.6 Å². The first kappa shape index (κ1) is 19.3. The van der Waals surface area contributed by atoms with Crippen LogP contribution in [0.15, 0.2) is 114 Å². The lowest BCUT2D eigenvalue weighted by Gasteiger charge is -2.13. The zero-order chi connectivity index (χ0) is 22.6. The quantitative estimate of drug-likeness (QED) is 0.243. The molecule has 34 heavy (non-hydrogen) atoms. The first-order chi connectivity index (χ1) is 16.8. The largest absolute Gasteiger partial charge is 0.435 e. The van der Waals surface area contributed by atoms with Gasteiger partial charge in [-0.1, -0.05) is 84.4 Å². The number of hydrogen-bond acceptors (Lipinski definition) is 2. The summed E-state index contributed by atoms with van der Waals surface area (Å²) in [6.07, 6.45) is 0. The summed E-state index contributed by atoms with van der Waals surface area (Å²) < 4.78 is 6.38. The molecule has 1 heterocycles. The van der Waals surface area contributed by atoms with Gasteiger partial charge >= 0.3 is 0 Å². The molecule has 0 aliphatic rings. The summed E-state index contributed by atoms with van der Waals surface area (Å²) in [6, 6.07) is 37.5. The highest BCUT2D eigenvalue weighted by Gasteiger charge is 2.17. The Morgan fingerprint density at radius 1 is 0.588 bits per heavy atom. The van der Waals surface area contributed by atoms with Crippen LogP contribution in [0.3, 0.4) is 0 Å². The van der Waals surface area contributed by atoms with Crippen molar-refractivity contribution < 1.29 is 4.42 Å². The van der Waals surface area contributed by atoms with E-state index in [0.29, 0.717) is 10.9 Å². The van der Waals surface area contributed by atoms with E-state index in [-0.39, 0.29) is 0 Å². The van der Waals surface area contributed by atoms with Crippen molar-refractivity contribution in [2.75, 3.05) is 0 Å². The van der Waals surface area contributed by atoms with E-state index >= 15 is 0 Å². The van der Waals surface area contributed by atoms with Gasteiger partial charge < -0.3 is 4.42 Å². The van der Waals surface area contributed by atoms with Gasteiger partial charge in [0.1, 0.15) is 5.52 Å². The number of nitrogens with zero attached hydrogens (tertiary/aromatic N) is 1. The molecule has 0 N–H and O–H groups in total. The van der Waals surface area contributed by atoms with Gasteiger partial charge in [0.25, 0.3) is 0 Å². The van der Waals surface area contributed by atoms with Gasteiger partial charge in [-0.05, 0) is 74.5 Å². The Bertz CT molecular complexity index is 1860. The lowest BCUT2D eigenvalue weighted by molar-refractivity contribution is 0.623. The van der Waals surface area contributed by atoms with Gasteiger partial charge in [-0.15, -0.1) is 0 Å². The third-order valence-corrected chi connectivity index (χ3v) is 6.77. The predicted molar refractivity (Wildman–Crippen MR) is 142 cm³/mol. The minimum atomic E-state index is 0.622. The maximum absolute atomic E-state index is 6.52. The molecular formula is C31H18ClNO. The van der Waals surface area contributed by atoms with Crippen molar-refractivity contribution in [2.24, 2.45) is 0 Å². The summed E-state index contributed by atoms with van der Waals surface area (Å²) in [7, 11) is 0. The van der Waals surface area contributed by atoms with Crippen LogP contribution in [-0.4, -0.2) is 4.98 Å². The van der Waals surface area contributed by atoms with E-state index in [1.165, 1.54) is 21.9 Å². The molecule has 0 bridgehead atoms. The average Bonchev–Trinajstić information content (AvgIpc) is 3.33.